The third-order valence-corrected chi connectivity index (χ3v) is 6.95. The van der Waals surface area contributed by atoms with Crippen LogP contribution in [0.5, 0.6) is 5.75 Å². The molecule has 1 rings (SSSR count). The van der Waals surface area contributed by atoms with E-state index in [0.29, 0.717) is 43.0 Å². The quantitative estimate of drug-likeness (QED) is 0.0710. The normalized spacial score (nSPS) is 11.2. The second-order valence-corrected chi connectivity index (χ2v) is 11.2. The van der Waals surface area contributed by atoms with Gasteiger partial charge < -0.3 is 14.0 Å². The molecule has 38 heavy (non-hydrogen) atoms. The second kappa shape index (κ2) is 18.0. The third kappa shape index (κ3) is 13.9. The number of benzene rings is 1. The van der Waals surface area contributed by atoms with Gasteiger partial charge in [0.2, 0.25) is 0 Å². The van der Waals surface area contributed by atoms with Crippen LogP contribution >= 0.6 is 7.82 Å². The Balaban J connectivity index is 2.51. The Labute approximate surface area is 228 Å². The lowest BCUT2D eigenvalue weighted by atomic mass is 10.1. The lowest BCUT2D eigenvalue weighted by molar-refractivity contribution is -0.139. The van der Waals surface area contributed by atoms with Crippen LogP contribution in [0.3, 0.4) is 0 Å². The van der Waals surface area contributed by atoms with Crippen molar-refractivity contribution >= 4 is 19.8 Å². The molecule has 0 unspecified atom stereocenters. The van der Waals surface area contributed by atoms with Crippen LogP contribution < -0.4 is 4.52 Å². The zero-order chi connectivity index (χ0) is 28.6. The maximum absolute atomic E-state index is 13.5. The van der Waals surface area contributed by atoms with Crippen LogP contribution in [0.1, 0.15) is 81.9 Å². The molecule has 0 N–H and O–H groups in total. The molecular formula is C29H45O8P. The SMILES string of the molecule is C=C(C)C(=O)OCCCCCCOP(=O)(OCCCCCCOC(=O)C(=C)C)Oc1c(C)cc(C)cc1C. The molecule has 0 saturated carbocycles. The molecule has 0 spiro atoms. The van der Waals surface area contributed by atoms with Crippen LogP contribution in [-0.4, -0.2) is 38.4 Å². The van der Waals surface area contributed by atoms with Gasteiger partial charge in [-0.15, -0.1) is 0 Å². The fourth-order valence-corrected chi connectivity index (χ4v) is 4.95. The summed E-state index contributed by atoms with van der Waals surface area (Å²) in [7, 11) is -3.84. The molecule has 214 valence electrons. The Morgan fingerprint density at radius 2 is 1.05 bits per heavy atom. The van der Waals surface area contributed by atoms with E-state index in [1.54, 1.807) is 13.8 Å². The highest BCUT2D eigenvalue weighted by atomic mass is 31.2. The third-order valence-electron chi connectivity index (χ3n) is 5.55. The molecule has 0 bridgehead atoms. The zero-order valence-corrected chi connectivity index (χ0v) is 24.7. The van der Waals surface area contributed by atoms with Gasteiger partial charge in [0.05, 0.1) is 26.4 Å². The number of esters is 2. The number of aryl methyl sites for hydroxylation is 3. The van der Waals surface area contributed by atoms with E-state index in [2.05, 4.69) is 13.2 Å². The molecule has 0 aliphatic carbocycles. The summed E-state index contributed by atoms with van der Waals surface area (Å²) in [4.78, 5) is 22.8. The van der Waals surface area contributed by atoms with Gasteiger partial charge in [0, 0.05) is 11.1 Å². The summed E-state index contributed by atoms with van der Waals surface area (Å²) >= 11 is 0. The van der Waals surface area contributed by atoms with Crippen molar-refractivity contribution in [3.05, 3.63) is 53.1 Å². The fourth-order valence-electron chi connectivity index (χ4n) is 3.56. The van der Waals surface area contributed by atoms with E-state index in [-0.39, 0.29) is 25.2 Å². The molecule has 0 heterocycles. The van der Waals surface area contributed by atoms with Crippen molar-refractivity contribution in [2.24, 2.45) is 0 Å². The molecule has 9 heteroatoms. The number of carbonyl (C=O) groups excluding carboxylic acids is 2. The summed E-state index contributed by atoms with van der Waals surface area (Å²) in [6.45, 7) is 17.3. The molecule has 0 radical (unpaired) electrons. The second-order valence-electron chi connectivity index (χ2n) is 9.59. The predicted octanol–water partition coefficient (Wildman–Crippen LogP) is 7.49. The van der Waals surface area contributed by atoms with Gasteiger partial charge in [0.15, 0.2) is 0 Å². The van der Waals surface area contributed by atoms with E-state index >= 15 is 0 Å². The van der Waals surface area contributed by atoms with Gasteiger partial charge in [-0.25, -0.2) is 14.2 Å². The smallest absolute Gasteiger partial charge is 0.462 e. The largest absolute Gasteiger partial charge is 0.530 e. The van der Waals surface area contributed by atoms with Crippen molar-refractivity contribution in [2.75, 3.05) is 26.4 Å². The summed E-state index contributed by atoms with van der Waals surface area (Å²) in [6, 6.07) is 3.93. The minimum Gasteiger partial charge on any atom is -0.462 e. The number of hydrogen-bond donors (Lipinski definition) is 0. The number of unbranched alkanes of at least 4 members (excludes halogenated alkanes) is 6. The van der Waals surface area contributed by atoms with E-state index in [1.165, 1.54) is 0 Å². The van der Waals surface area contributed by atoms with Crippen LogP contribution in [-0.2, 0) is 32.7 Å². The van der Waals surface area contributed by atoms with Crippen molar-refractivity contribution in [3.8, 4) is 5.75 Å². The highest BCUT2D eigenvalue weighted by Gasteiger charge is 2.30. The van der Waals surface area contributed by atoms with Crippen molar-refractivity contribution in [2.45, 2.75) is 86.0 Å². The van der Waals surface area contributed by atoms with E-state index in [1.807, 2.05) is 32.9 Å². The van der Waals surface area contributed by atoms with Crippen molar-refractivity contribution in [1.29, 1.82) is 0 Å². The topological polar surface area (TPSA) is 97.4 Å². The fraction of sp³-hybridized carbons (Fsp3) is 0.586. The molecule has 0 aliphatic rings. The molecule has 0 atom stereocenters. The van der Waals surface area contributed by atoms with E-state index in [4.69, 9.17) is 23.0 Å². The summed E-state index contributed by atoms with van der Waals surface area (Å²) in [6.07, 6.45) is 6.13. The first-order valence-corrected chi connectivity index (χ1v) is 14.7. The average molecular weight is 553 g/mol. The van der Waals surface area contributed by atoms with Gasteiger partial charge in [-0.05, 0) is 84.3 Å². The zero-order valence-electron chi connectivity index (χ0n) is 23.8. The van der Waals surface area contributed by atoms with E-state index < -0.39 is 7.82 Å². The maximum atomic E-state index is 13.5. The minimum absolute atomic E-state index is 0.223. The number of phosphoric ester groups is 1. The van der Waals surface area contributed by atoms with Crippen LogP contribution in [0.15, 0.2) is 36.4 Å². The van der Waals surface area contributed by atoms with Gasteiger partial charge in [-0.3, -0.25) is 9.05 Å². The predicted molar refractivity (Wildman–Crippen MR) is 149 cm³/mol. The molecular weight excluding hydrogens is 507 g/mol. The Bertz CT molecular complexity index is 916. The van der Waals surface area contributed by atoms with Crippen LogP contribution in [0.4, 0.5) is 0 Å². The first-order chi connectivity index (χ1) is 17.9. The van der Waals surface area contributed by atoms with Crippen molar-refractivity contribution in [3.63, 3.8) is 0 Å². The minimum atomic E-state index is -3.84. The maximum Gasteiger partial charge on any atom is 0.530 e. The molecule has 0 aliphatic heterocycles. The number of rotatable bonds is 20. The highest BCUT2D eigenvalue weighted by molar-refractivity contribution is 7.48. The molecule has 0 aromatic heterocycles. The number of carbonyl (C=O) groups is 2. The first kappa shape index (κ1) is 33.6. The van der Waals surface area contributed by atoms with Crippen LogP contribution in [0.2, 0.25) is 0 Å². The van der Waals surface area contributed by atoms with E-state index in [0.717, 1.165) is 55.2 Å². The monoisotopic (exact) mass is 552 g/mol. The number of phosphoric acid groups is 1. The van der Waals surface area contributed by atoms with Crippen LogP contribution in [0, 0.1) is 20.8 Å². The first-order valence-electron chi connectivity index (χ1n) is 13.3. The van der Waals surface area contributed by atoms with Gasteiger partial charge in [0.1, 0.15) is 5.75 Å². The summed E-state index contributed by atoms with van der Waals surface area (Å²) < 4.78 is 41.0. The van der Waals surface area contributed by atoms with Gasteiger partial charge in [0.25, 0.3) is 0 Å². The van der Waals surface area contributed by atoms with Crippen molar-refractivity contribution < 1.29 is 37.2 Å². The van der Waals surface area contributed by atoms with Gasteiger partial charge in [-0.2, -0.15) is 0 Å². The van der Waals surface area contributed by atoms with Crippen molar-refractivity contribution in [1.82, 2.24) is 0 Å². The van der Waals surface area contributed by atoms with Crippen LogP contribution in [0.25, 0.3) is 0 Å². The summed E-state index contributed by atoms with van der Waals surface area (Å²) in [5, 5.41) is 0. The molecule has 0 saturated heterocycles. The standard InChI is InChI=1S/C29H45O8P/c1-22(2)28(30)33-16-12-8-10-14-18-35-38(32,37-27-25(6)20-24(5)21-26(27)7)36-19-15-11-9-13-17-34-29(31)23(3)4/h20-21H,1,3,8-19H2,2,4-7H3. The number of ether oxygens (including phenoxy) is 2. The van der Waals surface area contributed by atoms with Gasteiger partial charge in [-0.1, -0.05) is 43.7 Å². The number of hydrogen-bond acceptors (Lipinski definition) is 8. The molecule has 0 amide bonds. The van der Waals surface area contributed by atoms with Gasteiger partial charge >= 0.3 is 19.8 Å². The van der Waals surface area contributed by atoms with E-state index in [9.17, 15) is 14.2 Å². The molecule has 8 nitrogen and oxygen atoms in total. The molecule has 0 fully saturated rings. The summed E-state index contributed by atoms with van der Waals surface area (Å²) in [5.41, 5.74) is 3.59. The Kier molecular flexibility index (Phi) is 15.9. The highest BCUT2D eigenvalue weighted by Crippen LogP contribution is 2.51. The lowest BCUT2D eigenvalue weighted by Gasteiger charge is -2.21. The lowest BCUT2D eigenvalue weighted by Crippen LogP contribution is -2.08. The molecule has 1 aromatic carbocycles. The Morgan fingerprint density at radius 1 is 0.684 bits per heavy atom. The Hall–Kier alpha value is -2.41. The summed E-state index contributed by atoms with van der Waals surface area (Å²) in [5.74, 6) is -0.245. The average Bonchev–Trinajstić information content (AvgIpc) is 2.84. The molecule has 1 aromatic rings. The Morgan fingerprint density at radius 3 is 1.42 bits per heavy atom.